The Bertz CT molecular complexity index is 353. The number of halogens is 1. The molecule has 0 fully saturated rings. The van der Waals surface area contributed by atoms with Crippen molar-refractivity contribution in [1.29, 1.82) is 0 Å². The van der Waals surface area contributed by atoms with Gasteiger partial charge in [0.1, 0.15) is 6.29 Å². The van der Waals surface area contributed by atoms with Crippen LogP contribution in [-0.4, -0.2) is 6.29 Å². The molecule has 1 rings (SSSR count). The van der Waals surface area contributed by atoms with E-state index in [4.69, 9.17) is 0 Å². The van der Waals surface area contributed by atoms with E-state index in [0.29, 0.717) is 0 Å². The van der Waals surface area contributed by atoms with Crippen molar-refractivity contribution in [3.63, 3.8) is 0 Å². The highest BCUT2D eigenvalue weighted by atomic mass is 79.9. The minimum atomic E-state index is 0.785. The van der Waals surface area contributed by atoms with E-state index in [1.54, 1.807) is 0 Å². The molecule has 0 amide bonds. The first kappa shape index (κ1) is 10.2. The van der Waals surface area contributed by atoms with Crippen LogP contribution in [0.15, 0.2) is 22.7 Å². The molecule has 0 saturated heterocycles. The summed E-state index contributed by atoms with van der Waals surface area (Å²) in [6.07, 6.45) is 4.10. The second-order valence-corrected chi connectivity index (χ2v) is 3.70. The van der Waals surface area contributed by atoms with Gasteiger partial charge in [0, 0.05) is 4.47 Å². The molecule has 1 nitrogen and oxygen atoms in total. The number of aryl methyl sites for hydroxylation is 1. The van der Waals surface area contributed by atoms with Crippen molar-refractivity contribution in [3.8, 4) is 0 Å². The topological polar surface area (TPSA) is 17.1 Å². The fourth-order valence-corrected chi connectivity index (χ4v) is 1.52. The van der Waals surface area contributed by atoms with Crippen LogP contribution in [0.25, 0.3) is 6.08 Å². The van der Waals surface area contributed by atoms with E-state index in [1.807, 2.05) is 32.1 Å². The summed E-state index contributed by atoms with van der Waals surface area (Å²) in [6, 6.07) is 4.04. The molecule has 2 heteroatoms. The number of aldehydes is 1. The minimum absolute atomic E-state index is 0.785. The van der Waals surface area contributed by atoms with E-state index in [0.717, 1.165) is 21.9 Å². The largest absolute Gasteiger partial charge is 0.299 e. The summed E-state index contributed by atoms with van der Waals surface area (Å²) in [5.74, 6) is 0. The van der Waals surface area contributed by atoms with Gasteiger partial charge in [0.2, 0.25) is 0 Å². The standard InChI is InChI=1S/C11H11BrO/c1-8-5-6-10(4-3-7-13)9(2)11(8)12/h3-7H,1-2H3/b4-3+. The number of benzene rings is 1. The van der Waals surface area contributed by atoms with Crippen molar-refractivity contribution in [2.24, 2.45) is 0 Å². The van der Waals surface area contributed by atoms with Gasteiger partial charge in [0.15, 0.2) is 0 Å². The zero-order valence-corrected chi connectivity index (χ0v) is 9.26. The van der Waals surface area contributed by atoms with Crippen molar-refractivity contribution >= 4 is 28.3 Å². The third-order valence-electron chi connectivity index (χ3n) is 1.98. The zero-order valence-electron chi connectivity index (χ0n) is 7.67. The lowest BCUT2D eigenvalue weighted by atomic mass is 10.1. The molecular formula is C11H11BrO. The lowest BCUT2D eigenvalue weighted by Crippen LogP contribution is -1.85. The molecule has 0 spiro atoms. The van der Waals surface area contributed by atoms with Crippen molar-refractivity contribution in [1.82, 2.24) is 0 Å². The fourth-order valence-electron chi connectivity index (χ4n) is 1.16. The molecule has 0 heterocycles. The van der Waals surface area contributed by atoms with E-state index in [-0.39, 0.29) is 0 Å². The molecule has 0 bridgehead atoms. The van der Waals surface area contributed by atoms with Crippen LogP contribution in [0.3, 0.4) is 0 Å². The van der Waals surface area contributed by atoms with Crippen molar-refractivity contribution < 1.29 is 4.79 Å². The molecule has 13 heavy (non-hydrogen) atoms. The van der Waals surface area contributed by atoms with E-state index >= 15 is 0 Å². The molecule has 0 unspecified atom stereocenters. The number of carbonyl (C=O) groups is 1. The Morgan fingerprint density at radius 2 is 2.00 bits per heavy atom. The fraction of sp³-hybridized carbons (Fsp3) is 0.182. The number of rotatable bonds is 2. The van der Waals surface area contributed by atoms with Crippen LogP contribution >= 0.6 is 15.9 Å². The van der Waals surface area contributed by atoms with Crippen molar-refractivity contribution in [2.75, 3.05) is 0 Å². The van der Waals surface area contributed by atoms with Crippen LogP contribution < -0.4 is 0 Å². The maximum atomic E-state index is 10.1. The van der Waals surface area contributed by atoms with E-state index in [9.17, 15) is 4.79 Å². The van der Waals surface area contributed by atoms with E-state index in [1.165, 1.54) is 11.6 Å². The summed E-state index contributed by atoms with van der Waals surface area (Å²) in [5.41, 5.74) is 3.45. The summed E-state index contributed by atoms with van der Waals surface area (Å²) in [5, 5.41) is 0. The molecule has 0 aliphatic rings. The molecule has 0 saturated carbocycles. The van der Waals surface area contributed by atoms with Gasteiger partial charge < -0.3 is 0 Å². The van der Waals surface area contributed by atoms with Gasteiger partial charge in [-0.2, -0.15) is 0 Å². The summed E-state index contributed by atoms with van der Waals surface area (Å²) in [6.45, 7) is 4.08. The molecule has 0 aliphatic heterocycles. The summed E-state index contributed by atoms with van der Waals surface area (Å²) < 4.78 is 1.11. The number of hydrogen-bond acceptors (Lipinski definition) is 1. The van der Waals surface area contributed by atoms with Crippen LogP contribution in [0, 0.1) is 13.8 Å². The molecule has 0 radical (unpaired) electrons. The minimum Gasteiger partial charge on any atom is -0.299 e. The predicted octanol–water partition coefficient (Wildman–Crippen LogP) is 3.28. The summed E-state index contributed by atoms with van der Waals surface area (Å²) >= 11 is 3.50. The van der Waals surface area contributed by atoms with Gasteiger partial charge in [-0.3, -0.25) is 4.79 Å². The normalized spacial score (nSPS) is 10.7. The molecular weight excluding hydrogens is 228 g/mol. The van der Waals surface area contributed by atoms with Crippen LogP contribution in [0.2, 0.25) is 0 Å². The highest BCUT2D eigenvalue weighted by Crippen LogP contribution is 2.24. The van der Waals surface area contributed by atoms with Crippen LogP contribution in [0.5, 0.6) is 0 Å². The van der Waals surface area contributed by atoms with E-state index in [2.05, 4.69) is 15.9 Å². The molecule has 0 aliphatic carbocycles. The van der Waals surface area contributed by atoms with Gasteiger partial charge >= 0.3 is 0 Å². The van der Waals surface area contributed by atoms with Gasteiger partial charge in [-0.25, -0.2) is 0 Å². The zero-order chi connectivity index (χ0) is 9.84. The smallest absolute Gasteiger partial charge is 0.142 e. The lowest BCUT2D eigenvalue weighted by Gasteiger charge is -2.05. The quantitative estimate of drug-likeness (QED) is 0.571. The highest BCUT2D eigenvalue weighted by molar-refractivity contribution is 9.10. The SMILES string of the molecule is Cc1ccc(/C=C/C=O)c(C)c1Br. The predicted molar refractivity (Wildman–Crippen MR) is 58.7 cm³/mol. The Balaban J connectivity index is 3.17. The summed E-state index contributed by atoms with van der Waals surface area (Å²) in [7, 11) is 0. The molecule has 0 N–H and O–H groups in total. The lowest BCUT2D eigenvalue weighted by molar-refractivity contribution is -0.104. The Morgan fingerprint density at radius 3 is 2.62 bits per heavy atom. The monoisotopic (exact) mass is 238 g/mol. The maximum absolute atomic E-state index is 10.1. The molecule has 0 atom stereocenters. The third kappa shape index (κ3) is 2.28. The highest BCUT2D eigenvalue weighted by Gasteiger charge is 2.01. The molecule has 0 aromatic heterocycles. The third-order valence-corrected chi connectivity index (χ3v) is 3.20. The molecule has 1 aromatic carbocycles. The first-order valence-corrected chi connectivity index (χ1v) is 4.83. The first-order valence-electron chi connectivity index (χ1n) is 4.04. The molecule has 68 valence electrons. The number of hydrogen-bond donors (Lipinski definition) is 0. The second kappa shape index (κ2) is 4.38. The van der Waals surface area contributed by atoms with Gasteiger partial charge in [-0.05, 0) is 36.6 Å². The average Bonchev–Trinajstić information content (AvgIpc) is 2.13. The first-order chi connectivity index (χ1) is 6.16. The van der Waals surface area contributed by atoms with Gasteiger partial charge in [-0.1, -0.05) is 34.1 Å². The van der Waals surface area contributed by atoms with Gasteiger partial charge in [-0.15, -0.1) is 0 Å². The Labute approximate surface area is 86.6 Å². The van der Waals surface area contributed by atoms with Crippen molar-refractivity contribution in [3.05, 3.63) is 39.4 Å². The van der Waals surface area contributed by atoms with Gasteiger partial charge in [0.05, 0.1) is 0 Å². The van der Waals surface area contributed by atoms with Gasteiger partial charge in [0.25, 0.3) is 0 Å². The Morgan fingerprint density at radius 1 is 1.31 bits per heavy atom. The Hall–Kier alpha value is -0.890. The second-order valence-electron chi connectivity index (χ2n) is 2.91. The van der Waals surface area contributed by atoms with E-state index < -0.39 is 0 Å². The maximum Gasteiger partial charge on any atom is 0.142 e. The summed E-state index contributed by atoms with van der Waals surface area (Å²) in [4.78, 5) is 10.1. The van der Waals surface area contributed by atoms with Crippen LogP contribution in [-0.2, 0) is 4.79 Å². The number of allylic oxidation sites excluding steroid dienone is 1. The van der Waals surface area contributed by atoms with Crippen LogP contribution in [0.4, 0.5) is 0 Å². The average molecular weight is 239 g/mol. The Kier molecular flexibility index (Phi) is 3.43. The van der Waals surface area contributed by atoms with Crippen molar-refractivity contribution in [2.45, 2.75) is 13.8 Å². The number of carbonyl (C=O) groups excluding carboxylic acids is 1. The molecule has 1 aromatic rings. The van der Waals surface area contributed by atoms with Crippen LogP contribution in [0.1, 0.15) is 16.7 Å².